The largest absolute Gasteiger partial charge is 0.481 e. The number of carboxylic acids is 1. The maximum absolute atomic E-state index is 11.6. The number of amides is 1. The molecule has 0 aliphatic rings. The second kappa shape index (κ2) is 8.08. The molecule has 106 valence electrons. The van der Waals surface area contributed by atoms with Crippen molar-refractivity contribution in [1.29, 1.82) is 0 Å². The highest BCUT2D eigenvalue weighted by Crippen LogP contribution is 2.10. The van der Waals surface area contributed by atoms with E-state index < -0.39 is 5.97 Å². The van der Waals surface area contributed by atoms with Crippen LogP contribution in [0.1, 0.15) is 40.0 Å². The molecule has 0 radical (unpaired) electrons. The number of carbonyl (C=O) groups excluding carboxylic acids is 1. The first-order valence-electron chi connectivity index (χ1n) is 6.45. The van der Waals surface area contributed by atoms with E-state index in [1.807, 2.05) is 13.8 Å². The van der Waals surface area contributed by atoms with Gasteiger partial charge in [0.2, 0.25) is 5.91 Å². The summed E-state index contributed by atoms with van der Waals surface area (Å²) in [5.74, 6) is -0.981. The Balaban J connectivity index is 3.87. The van der Waals surface area contributed by atoms with Crippen molar-refractivity contribution in [3.05, 3.63) is 0 Å². The standard InChI is InChI=1S/C13H26N2O3/c1-9(13(17)18)7-6-8-10(2)14-11(3)12(16)15(4)5/h9-11,14H,6-8H2,1-5H3,(H,17,18). The minimum absolute atomic E-state index is 0.0563. The van der Waals surface area contributed by atoms with Gasteiger partial charge in [0.1, 0.15) is 0 Å². The Hall–Kier alpha value is -1.10. The first kappa shape index (κ1) is 16.9. The van der Waals surface area contributed by atoms with Gasteiger partial charge in [0.05, 0.1) is 12.0 Å². The van der Waals surface area contributed by atoms with Gasteiger partial charge in [0.15, 0.2) is 0 Å². The average Bonchev–Trinajstić information content (AvgIpc) is 2.27. The molecule has 5 nitrogen and oxygen atoms in total. The molecular weight excluding hydrogens is 232 g/mol. The van der Waals surface area contributed by atoms with E-state index in [4.69, 9.17) is 5.11 Å². The first-order valence-corrected chi connectivity index (χ1v) is 6.45. The number of carbonyl (C=O) groups is 2. The molecule has 0 bridgehead atoms. The summed E-state index contributed by atoms with van der Waals surface area (Å²) in [6.07, 6.45) is 2.41. The molecule has 0 spiro atoms. The van der Waals surface area contributed by atoms with Crippen LogP contribution in [0, 0.1) is 5.92 Å². The monoisotopic (exact) mass is 258 g/mol. The minimum atomic E-state index is -0.744. The maximum atomic E-state index is 11.6. The topological polar surface area (TPSA) is 69.6 Å². The van der Waals surface area contributed by atoms with Gasteiger partial charge in [0, 0.05) is 20.1 Å². The SMILES string of the molecule is CC(CCCC(C)C(=O)O)NC(C)C(=O)N(C)C. The minimum Gasteiger partial charge on any atom is -0.481 e. The molecule has 0 aliphatic heterocycles. The van der Waals surface area contributed by atoms with Crippen LogP contribution in [0.25, 0.3) is 0 Å². The van der Waals surface area contributed by atoms with Crippen molar-refractivity contribution in [2.45, 2.75) is 52.1 Å². The number of nitrogens with zero attached hydrogens (tertiary/aromatic N) is 1. The van der Waals surface area contributed by atoms with Crippen LogP contribution in [0.3, 0.4) is 0 Å². The lowest BCUT2D eigenvalue weighted by Crippen LogP contribution is -2.45. The first-order chi connectivity index (χ1) is 8.25. The van der Waals surface area contributed by atoms with Crippen LogP contribution < -0.4 is 5.32 Å². The van der Waals surface area contributed by atoms with Crippen molar-refractivity contribution in [2.24, 2.45) is 5.92 Å². The molecule has 2 N–H and O–H groups in total. The number of likely N-dealkylation sites (N-methyl/N-ethyl adjacent to an activating group) is 1. The molecule has 1 amide bonds. The van der Waals surface area contributed by atoms with Gasteiger partial charge in [-0.15, -0.1) is 0 Å². The van der Waals surface area contributed by atoms with E-state index in [1.165, 1.54) is 0 Å². The van der Waals surface area contributed by atoms with Crippen molar-refractivity contribution in [3.63, 3.8) is 0 Å². The van der Waals surface area contributed by atoms with Gasteiger partial charge in [0.25, 0.3) is 0 Å². The third-order valence-corrected chi connectivity index (χ3v) is 3.04. The van der Waals surface area contributed by atoms with E-state index in [1.54, 1.807) is 25.9 Å². The van der Waals surface area contributed by atoms with Crippen LogP contribution in [-0.2, 0) is 9.59 Å². The zero-order valence-corrected chi connectivity index (χ0v) is 12.1. The third-order valence-electron chi connectivity index (χ3n) is 3.04. The summed E-state index contributed by atoms with van der Waals surface area (Å²) in [5, 5.41) is 12.0. The molecule has 0 aromatic carbocycles. The smallest absolute Gasteiger partial charge is 0.306 e. The van der Waals surface area contributed by atoms with E-state index in [2.05, 4.69) is 5.32 Å². The highest BCUT2D eigenvalue weighted by atomic mass is 16.4. The van der Waals surface area contributed by atoms with Crippen molar-refractivity contribution < 1.29 is 14.7 Å². The highest BCUT2D eigenvalue weighted by molar-refractivity contribution is 5.80. The predicted molar refractivity (Wildman–Crippen MR) is 71.4 cm³/mol. The molecule has 18 heavy (non-hydrogen) atoms. The van der Waals surface area contributed by atoms with Crippen molar-refractivity contribution in [2.75, 3.05) is 14.1 Å². The quantitative estimate of drug-likeness (QED) is 0.689. The number of aliphatic carboxylic acids is 1. The summed E-state index contributed by atoms with van der Waals surface area (Å²) in [6, 6.07) is 0.0109. The lowest BCUT2D eigenvalue weighted by Gasteiger charge is -2.22. The summed E-state index contributed by atoms with van der Waals surface area (Å²) < 4.78 is 0. The number of carboxylic acid groups (broad SMARTS) is 1. The summed E-state index contributed by atoms with van der Waals surface area (Å²) in [6.45, 7) is 5.59. The Kier molecular flexibility index (Phi) is 7.59. The molecule has 3 atom stereocenters. The van der Waals surface area contributed by atoms with Crippen molar-refractivity contribution in [3.8, 4) is 0 Å². The highest BCUT2D eigenvalue weighted by Gasteiger charge is 2.17. The second-order valence-corrected chi connectivity index (χ2v) is 5.19. The second-order valence-electron chi connectivity index (χ2n) is 5.19. The van der Waals surface area contributed by atoms with E-state index >= 15 is 0 Å². The van der Waals surface area contributed by atoms with Gasteiger partial charge in [-0.2, -0.15) is 0 Å². The molecule has 5 heteroatoms. The Morgan fingerprint density at radius 2 is 1.72 bits per heavy atom. The molecule has 0 aromatic heterocycles. The van der Waals surface area contributed by atoms with E-state index in [0.29, 0.717) is 6.42 Å². The summed E-state index contributed by atoms with van der Waals surface area (Å²) in [4.78, 5) is 23.9. The van der Waals surface area contributed by atoms with Gasteiger partial charge < -0.3 is 15.3 Å². The normalized spacial score (nSPS) is 15.8. The Morgan fingerprint density at radius 1 is 1.17 bits per heavy atom. The predicted octanol–water partition coefficient (Wildman–Crippen LogP) is 1.33. The number of hydrogen-bond donors (Lipinski definition) is 2. The molecule has 0 fully saturated rings. The number of rotatable bonds is 8. The van der Waals surface area contributed by atoms with Gasteiger partial charge in [-0.1, -0.05) is 13.3 Å². The molecule has 0 saturated heterocycles. The van der Waals surface area contributed by atoms with Crippen LogP contribution in [0.15, 0.2) is 0 Å². The summed E-state index contributed by atoms with van der Waals surface area (Å²) in [5.41, 5.74) is 0. The lowest BCUT2D eigenvalue weighted by atomic mass is 10.0. The molecule has 3 unspecified atom stereocenters. The number of hydrogen-bond acceptors (Lipinski definition) is 3. The fraction of sp³-hybridized carbons (Fsp3) is 0.846. The van der Waals surface area contributed by atoms with E-state index in [9.17, 15) is 9.59 Å². The zero-order valence-electron chi connectivity index (χ0n) is 12.1. The summed E-state index contributed by atoms with van der Waals surface area (Å²) >= 11 is 0. The molecule has 0 saturated carbocycles. The van der Waals surface area contributed by atoms with Crippen LogP contribution in [0.5, 0.6) is 0 Å². The van der Waals surface area contributed by atoms with Gasteiger partial charge in [-0.3, -0.25) is 9.59 Å². The van der Waals surface area contributed by atoms with Crippen LogP contribution in [-0.4, -0.2) is 48.1 Å². The fourth-order valence-electron chi connectivity index (χ4n) is 1.82. The third kappa shape index (κ3) is 6.59. The molecule has 0 rings (SSSR count). The number of nitrogens with one attached hydrogen (secondary N) is 1. The molecular formula is C13H26N2O3. The summed E-state index contributed by atoms with van der Waals surface area (Å²) in [7, 11) is 3.47. The molecule has 0 heterocycles. The van der Waals surface area contributed by atoms with Crippen LogP contribution in [0.4, 0.5) is 0 Å². The van der Waals surface area contributed by atoms with Crippen molar-refractivity contribution in [1.82, 2.24) is 10.2 Å². The maximum Gasteiger partial charge on any atom is 0.306 e. The Bertz CT molecular complexity index is 279. The van der Waals surface area contributed by atoms with Crippen molar-refractivity contribution >= 4 is 11.9 Å². The Labute approximate surface area is 110 Å². The van der Waals surface area contributed by atoms with E-state index in [-0.39, 0.29) is 23.9 Å². The Morgan fingerprint density at radius 3 is 2.17 bits per heavy atom. The van der Waals surface area contributed by atoms with Crippen LogP contribution in [0.2, 0.25) is 0 Å². The lowest BCUT2D eigenvalue weighted by molar-refractivity contribution is -0.141. The van der Waals surface area contributed by atoms with Gasteiger partial charge in [-0.25, -0.2) is 0 Å². The molecule has 0 aliphatic carbocycles. The van der Waals surface area contributed by atoms with E-state index in [0.717, 1.165) is 12.8 Å². The van der Waals surface area contributed by atoms with Crippen LogP contribution >= 0.6 is 0 Å². The van der Waals surface area contributed by atoms with Gasteiger partial charge in [-0.05, 0) is 26.7 Å². The average molecular weight is 258 g/mol. The molecule has 0 aromatic rings. The zero-order chi connectivity index (χ0) is 14.3. The van der Waals surface area contributed by atoms with Gasteiger partial charge >= 0.3 is 5.97 Å². The fourth-order valence-corrected chi connectivity index (χ4v) is 1.82.